The molecule has 8 heteroatoms. The van der Waals surface area contributed by atoms with Crippen LogP contribution in [0.15, 0.2) is 42.5 Å². The monoisotopic (exact) mass is 410 g/mol. The van der Waals surface area contributed by atoms with E-state index in [0.717, 1.165) is 31.5 Å². The number of nitrogens with one attached hydrogen (secondary N) is 2. The highest BCUT2D eigenvalue weighted by Crippen LogP contribution is 2.29. The molecular weight excluding hydrogens is 384 g/mol. The van der Waals surface area contributed by atoms with E-state index in [2.05, 4.69) is 22.5 Å². The predicted octanol–water partition coefficient (Wildman–Crippen LogP) is 3.12. The molecule has 2 N–H and O–H groups in total. The van der Waals surface area contributed by atoms with Crippen LogP contribution in [-0.4, -0.2) is 36.9 Å². The normalized spacial score (nSPS) is 14.3. The van der Waals surface area contributed by atoms with Crippen LogP contribution in [0.5, 0.6) is 0 Å². The Morgan fingerprint density at radius 2 is 1.87 bits per heavy atom. The fraction of sp³-hybridized carbons (Fsp3) is 0.364. The molecule has 0 saturated carbocycles. The number of non-ortho nitro benzene ring substituents is 1. The smallest absolute Gasteiger partial charge is 0.270 e. The number of hydrogen-bond acceptors (Lipinski definition) is 5. The molecule has 158 valence electrons. The maximum absolute atomic E-state index is 13.0. The molecular formula is C22H26N4O4. The van der Waals surface area contributed by atoms with Crippen molar-refractivity contribution < 1.29 is 14.5 Å². The summed E-state index contributed by atoms with van der Waals surface area (Å²) in [6.07, 6.45) is 2.04. The minimum absolute atomic E-state index is 0.115. The second kappa shape index (κ2) is 9.39. The third-order valence-corrected chi connectivity index (χ3v) is 5.43. The molecule has 0 spiro atoms. The van der Waals surface area contributed by atoms with Crippen molar-refractivity contribution in [2.45, 2.75) is 26.3 Å². The number of carbonyl (C=O) groups is 2. The van der Waals surface area contributed by atoms with Gasteiger partial charge in [0, 0.05) is 44.4 Å². The molecule has 2 amide bonds. The van der Waals surface area contributed by atoms with Crippen molar-refractivity contribution in [3.8, 4) is 0 Å². The van der Waals surface area contributed by atoms with Crippen molar-refractivity contribution in [3.63, 3.8) is 0 Å². The average molecular weight is 410 g/mol. The van der Waals surface area contributed by atoms with E-state index in [1.807, 2.05) is 6.07 Å². The Morgan fingerprint density at radius 3 is 2.53 bits per heavy atom. The average Bonchev–Trinajstić information content (AvgIpc) is 2.77. The quantitative estimate of drug-likeness (QED) is 0.562. The molecule has 0 unspecified atom stereocenters. The molecule has 0 bridgehead atoms. The first kappa shape index (κ1) is 21.3. The van der Waals surface area contributed by atoms with E-state index in [1.54, 1.807) is 31.3 Å². The summed E-state index contributed by atoms with van der Waals surface area (Å²) < 4.78 is 0. The SMILES string of the molecule is CNC(=O)c1cccc(CNC(=O)c2cc([N+](=O)[O-])ccc2N2CCC(C)CC2)c1. The Kier molecular flexibility index (Phi) is 6.66. The molecule has 2 aromatic carbocycles. The molecule has 0 atom stereocenters. The van der Waals surface area contributed by atoms with Crippen molar-refractivity contribution in [1.29, 1.82) is 0 Å². The zero-order valence-electron chi connectivity index (χ0n) is 17.2. The van der Waals surface area contributed by atoms with Crippen LogP contribution in [-0.2, 0) is 6.54 Å². The molecule has 0 aromatic heterocycles. The molecule has 30 heavy (non-hydrogen) atoms. The third-order valence-electron chi connectivity index (χ3n) is 5.43. The fourth-order valence-corrected chi connectivity index (χ4v) is 3.59. The zero-order chi connectivity index (χ0) is 21.7. The van der Waals surface area contributed by atoms with E-state index >= 15 is 0 Å². The van der Waals surface area contributed by atoms with Crippen molar-refractivity contribution >= 4 is 23.2 Å². The summed E-state index contributed by atoms with van der Waals surface area (Å²) in [7, 11) is 1.56. The minimum Gasteiger partial charge on any atom is -0.371 e. The summed E-state index contributed by atoms with van der Waals surface area (Å²) >= 11 is 0. The standard InChI is InChI=1S/C22H26N4O4/c1-15-8-10-25(11-9-15)20-7-6-18(26(29)30)13-19(20)22(28)24-14-16-4-3-5-17(12-16)21(27)23-2/h3-7,12-13,15H,8-11,14H2,1-2H3,(H,23,27)(H,24,28). The summed E-state index contributed by atoms with van der Waals surface area (Å²) in [5.41, 5.74) is 2.16. The lowest BCUT2D eigenvalue weighted by molar-refractivity contribution is -0.384. The van der Waals surface area contributed by atoms with Crippen molar-refractivity contribution in [2.75, 3.05) is 25.0 Å². The Labute approximate surface area is 175 Å². The summed E-state index contributed by atoms with van der Waals surface area (Å²) in [6.45, 7) is 4.04. The molecule has 0 aliphatic carbocycles. The van der Waals surface area contributed by atoms with Gasteiger partial charge < -0.3 is 15.5 Å². The molecule has 1 saturated heterocycles. The maximum atomic E-state index is 13.0. The lowest BCUT2D eigenvalue weighted by Crippen LogP contribution is -2.35. The van der Waals surface area contributed by atoms with Gasteiger partial charge in [-0.1, -0.05) is 19.1 Å². The Bertz CT molecular complexity index is 952. The number of carbonyl (C=O) groups excluding carboxylic acids is 2. The Morgan fingerprint density at radius 1 is 1.13 bits per heavy atom. The van der Waals surface area contributed by atoms with Gasteiger partial charge in [-0.3, -0.25) is 19.7 Å². The topological polar surface area (TPSA) is 105 Å². The second-order valence-electron chi connectivity index (χ2n) is 7.59. The van der Waals surface area contributed by atoms with Crippen molar-refractivity contribution in [3.05, 3.63) is 69.3 Å². The van der Waals surface area contributed by atoms with Gasteiger partial charge in [0.25, 0.3) is 17.5 Å². The largest absolute Gasteiger partial charge is 0.371 e. The van der Waals surface area contributed by atoms with Gasteiger partial charge >= 0.3 is 0 Å². The van der Waals surface area contributed by atoms with Gasteiger partial charge in [-0.2, -0.15) is 0 Å². The number of amides is 2. The number of anilines is 1. The van der Waals surface area contributed by atoms with E-state index in [0.29, 0.717) is 22.7 Å². The van der Waals surface area contributed by atoms with Crippen molar-refractivity contribution in [2.24, 2.45) is 5.92 Å². The van der Waals surface area contributed by atoms with Crippen LogP contribution in [0.2, 0.25) is 0 Å². The van der Waals surface area contributed by atoms with Crippen LogP contribution >= 0.6 is 0 Å². The molecule has 1 fully saturated rings. The van der Waals surface area contributed by atoms with Crippen LogP contribution in [0.25, 0.3) is 0 Å². The van der Waals surface area contributed by atoms with Crippen LogP contribution in [0.4, 0.5) is 11.4 Å². The first-order valence-electron chi connectivity index (χ1n) is 10.0. The molecule has 3 rings (SSSR count). The van der Waals surface area contributed by atoms with Gasteiger partial charge in [0.1, 0.15) is 0 Å². The zero-order valence-corrected chi connectivity index (χ0v) is 17.2. The predicted molar refractivity (Wildman–Crippen MR) is 115 cm³/mol. The highest BCUT2D eigenvalue weighted by Gasteiger charge is 2.23. The number of nitro benzene ring substituents is 1. The molecule has 2 aromatic rings. The van der Waals surface area contributed by atoms with Gasteiger partial charge in [0.2, 0.25) is 0 Å². The molecule has 0 radical (unpaired) electrons. The Hall–Kier alpha value is -3.42. The van der Waals surface area contributed by atoms with Gasteiger partial charge in [0.15, 0.2) is 0 Å². The van der Waals surface area contributed by atoms with Gasteiger partial charge in [0.05, 0.1) is 16.2 Å². The highest BCUT2D eigenvalue weighted by molar-refractivity contribution is 6.00. The first-order chi connectivity index (χ1) is 14.4. The van der Waals surface area contributed by atoms with E-state index in [4.69, 9.17) is 0 Å². The van der Waals surface area contributed by atoms with Gasteiger partial charge in [-0.05, 0) is 42.5 Å². The second-order valence-corrected chi connectivity index (χ2v) is 7.59. The lowest BCUT2D eigenvalue weighted by Gasteiger charge is -2.33. The van der Waals surface area contributed by atoms with Crippen LogP contribution in [0, 0.1) is 16.0 Å². The fourth-order valence-electron chi connectivity index (χ4n) is 3.59. The highest BCUT2D eigenvalue weighted by atomic mass is 16.6. The van der Waals surface area contributed by atoms with E-state index in [-0.39, 0.29) is 24.0 Å². The summed E-state index contributed by atoms with van der Waals surface area (Å²) in [6, 6.07) is 11.4. The molecule has 8 nitrogen and oxygen atoms in total. The number of benzene rings is 2. The van der Waals surface area contributed by atoms with Gasteiger partial charge in [-0.25, -0.2) is 0 Å². The summed E-state index contributed by atoms with van der Waals surface area (Å²) in [5.74, 6) is 0.0466. The van der Waals surface area contributed by atoms with Crippen LogP contribution < -0.4 is 15.5 Å². The molecule has 1 heterocycles. The van der Waals surface area contributed by atoms with Crippen LogP contribution in [0.3, 0.4) is 0 Å². The third kappa shape index (κ3) is 4.94. The maximum Gasteiger partial charge on any atom is 0.270 e. The van der Waals surface area contributed by atoms with E-state index < -0.39 is 4.92 Å². The van der Waals surface area contributed by atoms with E-state index in [1.165, 1.54) is 12.1 Å². The number of piperidine rings is 1. The lowest BCUT2D eigenvalue weighted by atomic mass is 9.98. The van der Waals surface area contributed by atoms with Crippen molar-refractivity contribution in [1.82, 2.24) is 10.6 Å². The van der Waals surface area contributed by atoms with E-state index in [9.17, 15) is 19.7 Å². The molecule has 1 aliphatic rings. The number of nitrogens with zero attached hydrogens (tertiary/aromatic N) is 2. The molecule has 1 aliphatic heterocycles. The summed E-state index contributed by atoms with van der Waals surface area (Å²) in [5, 5.41) is 16.6. The van der Waals surface area contributed by atoms with Gasteiger partial charge in [-0.15, -0.1) is 0 Å². The summed E-state index contributed by atoms with van der Waals surface area (Å²) in [4.78, 5) is 37.6. The number of hydrogen-bond donors (Lipinski definition) is 2. The number of nitro groups is 1. The minimum atomic E-state index is -0.494. The van der Waals surface area contributed by atoms with Crippen LogP contribution in [0.1, 0.15) is 46.0 Å². The first-order valence-corrected chi connectivity index (χ1v) is 10.0. The number of rotatable bonds is 6. The Balaban J connectivity index is 1.81.